The first-order chi connectivity index (χ1) is 10.3. The zero-order chi connectivity index (χ0) is 14.7. The molecule has 3 rings (SSSR count). The first-order valence-corrected chi connectivity index (χ1v) is 7.32. The van der Waals surface area contributed by atoms with E-state index in [1.807, 2.05) is 12.1 Å². The minimum Gasteiger partial charge on any atom is -0.497 e. The molecule has 0 bridgehead atoms. The van der Waals surface area contributed by atoms with Gasteiger partial charge in [-0.1, -0.05) is 30.3 Å². The normalized spacial score (nSPS) is 18.6. The maximum absolute atomic E-state index is 6.09. The van der Waals surface area contributed by atoms with Gasteiger partial charge in [0.15, 0.2) is 0 Å². The van der Waals surface area contributed by atoms with Crippen LogP contribution in [0.15, 0.2) is 48.5 Å². The first-order valence-electron chi connectivity index (χ1n) is 7.32. The number of methoxy groups -OCH3 is 1. The highest BCUT2D eigenvalue weighted by Gasteiger charge is 2.20. The zero-order valence-electron chi connectivity index (χ0n) is 12.6. The molecule has 0 fully saturated rings. The van der Waals surface area contributed by atoms with E-state index < -0.39 is 0 Å². The predicted molar refractivity (Wildman–Crippen MR) is 85.1 cm³/mol. The molecule has 1 aliphatic rings. The molecule has 3 nitrogen and oxygen atoms in total. The third kappa shape index (κ3) is 3.03. The molecule has 1 atom stereocenters. The van der Waals surface area contributed by atoms with Gasteiger partial charge in [0.1, 0.15) is 5.75 Å². The summed E-state index contributed by atoms with van der Waals surface area (Å²) in [7, 11) is 3.82. The minimum absolute atomic E-state index is 0.103. The smallest absolute Gasteiger partial charge is 0.119 e. The maximum atomic E-state index is 6.09. The van der Waals surface area contributed by atoms with E-state index in [0.29, 0.717) is 0 Å². The van der Waals surface area contributed by atoms with Crippen molar-refractivity contribution < 1.29 is 9.47 Å². The molecule has 110 valence electrons. The lowest BCUT2D eigenvalue weighted by molar-refractivity contribution is 0.0560. The van der Waals surface area contributed by atoms with Gasteiger partial charge < -0.3 is 14.4 Å². The lowest BCUT2D eigenvalue weighted by atomic mass is 9.98. The number of rotatable bonds is 2. The van der Waals surface area contributed by atoms with E-state index in [2.05, 4.69) is 48.3 Å². The molecule has 0 spiro atoms. The topological polar surface area (TPSA) is 21.7 Å². The number of hydrogen-bond acceptors (Lipinski definition) is 3. The standard InChI is InChI=1S/C18H21NO2/c1-19-10-11-21-18(14-6-4-3-5-7-14)13-15-12-16(20-2)8-9-17(15)19/h3-9,12,18H,10-11,13H2,1-2H3. The quantitative estimate of drug-likeness (QED) is 0.842. The number of ether oxygens (including phenoxy) is 2. The molecule has 2 aromatic rings. The van der Waals surface area contributed by atoms with Crippen LogP contribution in [-0.4, -0.2) is 27.3 Å². The van der Waals surface area contributed by atoms with Gasteiger partial charge in [-0.25, -0.2) is 0 Å². The minimum atomic E-state index is 0.103. The molecule has 0 saturated carbocycles. The molecule has 0 amide bonds. The van der Waals surface area contributed by atoms with Gasteiger partial charge in [-0.3, -0.25) is 0 Å². The van der Waals surface area contributed by atoms with E-state index >= 15 is 0 Å². The van der Waals surface area contributed by atoms with Gasteiger partial charge in [-0.05, 0) is 29.3 Å². The molecule has 1 aliphatic heterocycles. The predicted octanol–water partition coefficient (Wildman–Crippen LogP) is 3.45. The summed E-state index contributed by atoms with van der Waals surface area (Å²) < 4.78 is 11.5. The van der Waals surface area contributed by atoms with E-state index in [1.54, 1.807) is 7.11 Å². The van der Waals surface area contributed by atoms with E-state index in [9.17, 15) is 0 Å². The van der Waals surface area contributed by atoms with Crippen LogP contribution in [-0.2, 0) is 11.2 Å². The number of likely N-dealkylation sites (N-methyl/N-ethyl adjacent to an activating group) is 1. The summed E-state index contributed by atoms with van der Waals surface area (Å²) in [5, 5.41) is 0. The number of hydrogen-bond donors (Lipinski definition) is 0. The van der Waals surface area contributed by atoms with E-state index in [1.165, 1.54) is 16.8 Å². The highest BCUT2D eigenvalue weighted by molar-refractivity contribution is 5.56. The van der Waals surface area contributed by atoms with Crippen LogP contribution in [0.25, 0.3) is 0 Å². The molecule has 0 aromatic heterocycles. The molecule has 0 aliphatic carbocycles. The van der Waals surface area contributed by atoms with Crippen LogP contribution in [0, 0.1) is 0 Å². The summed E-state index contributed by atoms with van der Waals surface area (Å²) in [5.41, 5.74) is 3.77. The van der Waals surface area contributed by atoms with Crippen molar-refractivity contribution in [1.29, 1.82) is 0 Å². The summed E-state index contributed by atoms with van der Waals surface area (Å²) >= 11 is 0. The molecule has 0 radical (unpaired) electrons. The van der Waals surface area contributed by atoms with Gasteiger partial charge in [0, 0.05) is 25.7 Å². The molecule has 2 aromatic carbocycles. The fourth-order valence-electron chi connectivity index (χ4n) is 2.82. The number of fused-ring (bicyclic) bond motifs is 1. The van der Waals surface area contributed by atoms with Crippen LogP contribution >= 0.6 is 0 Å². The van der Waals surface area contributed by atoms with Gasteiger partial charge in [-0.15, -0.1) is 0 Å². The fourth-order valence-corrected chi connectivity index (χ4v) is 2.82. The Bertz CT molecular complexity index is 597. The SMILES string of the molecule is COc1ccc2c(c1)CC(c1ccccc1)OCCN2C. The van der Waals surface area contributed by atoms with Gasteiger partial charge >= 0.3 is 0 Å². The van der Waals surface area contributed by atoms with Crippen molar-refractivity contribution in [1.82, 2.24) is 0 Å². The molecule has 21 heavy (non-hydrogen) atoms. The highest BCUT2D eigenvalue weighted by atomic mass is 16.5. The maximum Gasteiger partial charge on any atom is 0.119 e. The summed E-state index contributed by atoms with van der Waals surface area (Å²) in [6.07, 6.45) is 0.965. The van der Waals surface area contributed by atoms with Crippen molar-refractivity contribution in [3.05, 3.63) is 59.7 Å². The summed E-state index contributed by atoms with van der Waals surface area (Å²) in [6, 6.07) is 16.7. The van der Waals surface area contributed by atoms with Gasteiger partial charge in [0.2, 0.25) is 0 Å². The summed E-state index contributed by atoms with van der Waals surface area (Å²) in [6.45, 7) is 1.63. The Hall–Kier alpha value is -2.00. The largest absolute Gasteiger partial charge is 0.497 e. The third-order valence-corrected chi connectivity index (χ3v) is 4.02. The van der Waals surface area contributed by atoms with Crippen LogP contribution in [0.1, 0.15) is 17.2 Å². The van der Waals surface area contributed by atoms with E-state index in [4.69, 9.17) is 9.47 Å². The first kappa shape index (κ1) is 14.0. The monoisotopic (exact) mass is 283 g/mol. The van der Waals surface area contributed by atoms with Crippen LogP contribution in [0.3, 0.4) is 0 Å². The van der Waals surface area contributed by atoms with Crippen molar-refractivity contribution in [2.24, 2.45) is 0 Å². The van der Waals surface area contributed by atoms with E-state index in [0.717, 1.165) is 25.3 Å². The number of nitrogens with zero attached hydrogens (tertiary/aromatic N) is 1. The number of benzene rings is 2. The lowest BCUT2D eigenvalue weighted by Crippen LogP contribution is -2.27. The highest BCUT2D eigenvalue weighted by Crippen LogP contribution is 2.32. The molecule has 1 heterocycles. The van der Waals surface area contributed by atoms with Crippen LogP contribution in [0.5, 0.6) is 5.75 Å². The van der Waals surface area contributed by atoms with Gasteiger partial charge in [-0.2, -0.15) is 0 Å². The Morgan fingerprint density at radius 1 is 1.14 bits per heavy atom. The second-order valence-corrected chi connectivity index (χ2v) is 5.39. The van der Waals surface area contributed by atoms with Crippen molar-refractivity contribution in [3.8, 4) is 5.75 Å². The fraction of sp³-hybridized carbons (Fsp3) is 0.333. The Kier molecular flexibility index (Phi) is 4.11. The average Bonchev–Trinajstić information content (AvgIpc) is 2.52. The second-order valence-electron chi connectivity index (χ2n) is 5.39. The van der Waals surface area contributed by atoms with Crippen molar-refractivity contribution in [2.45, 2.75) is 12.5 Å². The molecule has 3 heteroatoms. The molecule has 0 saturated heterocycles. The Morgan fingerprint density at radius 3 is 2.71 bits per heavy atom. The average molecular weight is 283 g/mol. The number of anilines is 1. The molecular formula is C18H21NO2. The van der Waals surface area contributed by atoms with Gasteiger partial charge in [0.25, 0.3) is 0 Å². The Morgan fingerprint density at radius 2 is 1.95 bits per heavy atom. The summed E-state index contributed by atoms with van der Waals surface area (Å²) in [4.78, 5) is 2.25. The second kappa shape index (κ2) is 6.19. The van der Waals surface area contributed by atoms with Gasteiger partial charge in [0.05, 0.1) is 19.8 Å². The zero-order valence-corrected chi connectivity index (χ0v) is 12.6. The van der Waals surface area contributed by atoms with Crippen LogP contribution < -0.4 is 9.64 Å². The van der Waals surface area contributed by atoms with Crippen LogP contribution in [0.4, 0.5) is 5.69 Å². The lowest BCUT2D eigenvalue weighted by Gasteiger charge is -2.29. The van der Waals surface area contributed by atoms with Crippen molar-refractivity contribution in [3.63, 3.8) is 0 Å². The Labute approximate surface area is 126 Å². The summed E-state index contributed by atoms with van der Waals surface area (Å²) in [5.74, 6) is 0.898. The molecule has 0 N–H and O–H groups in total. The molecular weight excluding hydrogens is 262 g/mol. The van der Waals surface area contributed by atoms with Crippen LogP contribution in [0.2, 0.25) is 0 Å². The Balaban J connectivity index is 1.96. The van der Waals surface area contributed by atoms with Crippen molar-refractivity contribution in [2.75, 3.05) is 32.2 Å². The van der Waals surface area contributed by atoms with Crippen molar-refractivity contribution >= 4 is 5.69 Å². The van der Waals surface area contributed by atoms with E-state index in [-0.39, 0.29) is 6.10 Å². The molecule has 1 unspecified atom stereocenters. The third-order valence-electron chi connectivity index (χ3n) is 4.02.